The fourth-order valence-corrected chi connectivity index (χ4v) is 2.25. The highest BCUT2D eigenvalue weighted by atomic mass is 16.5. The third-order valence-electron chi connectivity index (χ3n) is 3.52. The summed E-state index contributed by atoms with van der Waals surface area (Å²) in [6.45, 7) is 2.41. The molecule has 0 spiro atoms. The molecule has 0 aliphatic carbocycles. The van der Waals surface area contributed by atoms with Gasteiger partial charge in [-0.2, -0.15) is 0 Å². The molecule has 0 radical (unpaired) electrons. The van der Waals surface area contributed by atoms with Crippen molar-refractivity contribution in [1.29, 1.82) is 0 Å². The summed E-state index contributed by atoms with van der Waals surface area (Å²) < 4.78 is 10.5. The van der Waals surface area contributed by atoms with Crippen molar-refractivity contribution in [3.63, 3.8) is 0 Å². The van der Waals surface area contributed by atoms with Crippen molar-refractivity contribution in [3.8, 4) is 5.75 Å². The maximum atomic E-state index is 11.6. The van der Waals surface area contributed by atoms with Crippen molar-refractivity contribution in [3.05, 3.63) is 65.7 Å². The Labute approximate surface area is 143 Å². The fourth-order valence-electron chi connectivity index (χ4n) is 2.25. The number of rotatable bonds is 9. The van der Waals surface area contributed by atoms with Gasteiger partial charge in [-0.1, -0.05) is 48.5 Å². The van der Waals surface area contributed by atoms with E-state index in [4.69, 9.17) is 9.47 Å². The van der Waals surface area contributed by atoms with Gasteiger partial charge < -0.3 is 20.1 Å². The number of para-hydroxylation sites is 1. The maximum Gasteiger partial charge on any atom is 0.407 e. The minimum Gasteiger partial charge on any atom is -0.496 e. The molecule has 2 aromatic rings. The summed E-state index contributed by atoms with van der Waals surface area (Å²) >= 11 is 0. The molecular weight excluding hydrogens is 304 g/mol. The Hall–Kier alpha value is -2.53. The molecule has 0 saturated heterocycles. The van der Waals surface area contributed by atoms with Crippen LogP contribution in [-0.4, -0.2) is 26.3 Å². The second-order valence-corrected chi connectivity index (χ2v) is 5.33. The van der Waals surface area contributed by atoms with E-state index in [0.717, 1.165) is 36.4 Å². The van der Waals surface area contributed by atoms with Gasteiger partial charge in [-0.05, 0) is 24.6 Å². The van der Waals surface area contributed by atoms with E-state index in [1.807, 2.05) is 54.6 Å². The van der Waals surface area contributed by atoms with Gasteiger partial charge >= 0.3 is 6.09 Å². The lowest BCUT2D eigenvalue weighted by molar-refractivity contribution is 0.139. The lowest BCUT2D eigenvalue weighted by Crippen LogP contribution is -2.27. The number of hydrogen-bond donors (Lipinski definition) is 2. The van der Waals surface area contributed by atoms with E-state index >= 15 is 0 Å². The Morgan fingerprint density at radius 1 is 1.00 bits per heavy atom. The number of alkyl carbamates (subject to hydrolysis) is 1. The molecule has 0 saturated carbocycles. The van der Waals surface area contributed by atoms with Gasteiger partial charge in [-0.15, -0.1) is 0 Å². The zero-order valence-corrected chi connectivity index (χ0v) is 14.0. The molecule has 5 nitrogen and oxygen atoms in total. The number of carbonyl (C=O) groups is 1. The number of ether oxygens (including phenoxy) is 2. The first-order valence-corrected chi connectivity index (χ1v) is 8.07. The summed E-state index contributed by atoms with van der Waals surface area (Å²) in [5, 5.41) is 6.08. The van der Waals surface area contributed by atoms with E-state index in [-0.39, 0.29) is 6.09 Å². The molecule has 0 aromatic heterocycles. The summed E-state index contributed by atoms with van der Waals surface area (Å²) in [4.78, 5) is 11.6. The van der Waals surface area contributed by atoms with Gasteiger partial charge in [0.15, 0.2) is 0 Å². The summed E-state index contributed by atoms with van der Waals surface area (Å²) in [5.41, 5.74) is 2.10. The number of hydrogen-bond acceptors (Lipinski definition) is 4. The normalized spacial score (nSPS) is 10.2. The van der Waals surface area contributed by atoms with E-state index in [1.165, 1.54) is 0 Å². The molecule has 0 bridgehead atoms. The topological polar surface area (TPSA) is 59.6 Å². The van der Waals surface area contributed by atoms with Crippen molar-refractivity contribution in [2.75, 3.05) is 20.2 Å². The fraction of sp³-hybridized carbons (Fsp3) is 0.316. The number of carbonyl (C=O) groups excluding carboxylic acids is 1. The molecule has 0 heterocycles. The molecular formula is C19H24N2O3. The standard InChI is InChI=1S/C19H24N2O3/c1-23-18-11-6-5-10-17(18)14-20-12-7-13-21-19(22)24-15-16-8-3-2-4-9-16/h2-6,8-11,20H,7,12-15H2,1H3,(H,21,22). The first-order chi connectivity index (χ1) is 11.8. The van der Waals surface area contributed by atoms with E-state index in [0.29, 0.717) is 13.2 Å². The molecule has 24 heavy (non-hydrogen) atoms. The van der Waals surface area contributed by atoms with E-state index in [1.54, 1.807) is 7.11 Å². The monoisotopic (exact) mass is 328 g/mol. The molecule has 2 aromatic carbocycles. The Kier molecular flexibility index (Phi) is 7.63. The van der Waals surface area contributed by atoms with Gasteiger partial charge in [-0.3, -0.25) is 0 Å². The number of methoxy groups -OCH3 is 1. The van der Waals surface area contributed by atoms with Crippen molar-refractivity contribution in [2.24, 2.45) is 0 Å². The first-order valence-electron chi connectivity index (χ1n) is 8.07. The van der Waals surface area contributed by atoms with Gasteiger partial charge in [0, 0.05) is 18.7 Å². The van der Waals surface area contributed by atoms with Crippen LogP contribution in [0.3, 0.4) is 0 Å². The maximum absolute atomic E-state index is 11.6. The zero-order chi connectivity index (χ0) is 17.0. The van der Waals surface area contributed by atoms with Crippen LogP contribution in [-0.2, 0) is 17.9 Å². The number of benzene rings is 2. The summed E-state index contributed by atoms with van der Waals surface area (Å²) in [6.07, 6.45) is 0.443. The summed E-state index contributed by atoms with van der Waals surface area (Å²) in [5.74, 6) is 0.882. The molecule has 0 unspecified atom stereocenters. The second-order valence-electron chi connectivity index (χ2n) is 5.33. The van der Waals surface area contributed by atoms with Crippen LogP contribution in [0.1, 0.15) is 17.5 Å². The molecule has 1 amide bonds. The molecule has 2 rings (SSSR count). The summed E-state index contributed by atoms with van der Waals surface area (Å²) in [6, 6.07) is 17.5. The molecule has 0 aliphatic rings. The minimum absolute atomic E-state index is 0.290. The molecule has 0 fully saturated rings. The van der Waals surface area contributed by atoms with Gasteiger partial charge in [0.1, 0.15) is 12.4 Å². The average Bonchev–Trinajstić information content (AvgIpc) is 2.64. The van der Waals surface area contributed by atoms with E-state index < -0.39 is 0 Å². The van der Waals surface area contributed by atoms with Crippen LogP contribution >= 0.6 is 0 Å². The number of amides is 1. The van der Waals surface area contributed by atoms with Crippen molar-refractivity contribution in [2.45, 2.75) is 19.6 Å². The summed E-state index contributed by atoms with van der Waals surface area (Å²) in [7, 11) is 1.67. The number of nitrogens with one attached hydrogen (secondary N) is 2. The Morgan fingerprint density at radius 2 is 1.75 bits per heavy atom. The predicted octanol–water partition coefficient (Wildman–Crippen LogP) is 3.10. The molecule has 0 aliphatic heterocycles. The SMILES string of the molecule is COc1ccccc1CNCCCNC(=O)OCc1ccccc1. The van der Waals surface area contributed by atoms with Gasteiger partial charge in [0.2, 0.25) is 0 Å². The lowest BCUT2D eigenvalue weighted by Gasteiger charge is -2.10. The smallest absolute Gasteiger partial charge is 0.407 e. The Balaban J connectivity index is 1.54. The molecule has 128 valence electrons. The van der Waals surface area contributed by atoms with E-state index in [2.05, 4.69) is 10.6 Å². The largest absolute Gasteiger partial charge is 0.496 e. The molecule has 2 N–H and O–H groups in total. The van der Waals surface area contributed by atoms with Gasteiger partial charge in [-0.25, -0.2) is 4.79 Å². The van der Waals surface area contributed by atoms with Crippen molar-refractivity contribution < 1.29 is 14.3 Å². The highest BCUT2D eigenvalue weighted by Gasteiger charge is 2.02. The van der Waals surface area contributed by atoms with E-state index in [9.17, 15) is 4.79 Å². The highest BCUT2D eigenvalue weighted by molar-refractivity contribution is 5.67. The predicted molar refractivity (Wildman–Crippen MR) is 93.9 cm³/mol. The lowest BCUT2D eigenvalue weighted by atomic mass is 10.2. The minimum atomic E-state index is -0.386. The van der Waals surface area contributed by atoms with Gasteiger partial charge in [0.25, 0.3) is 0 Å². The van der Waals surface area contributed by atoms with Crippen molar-refractivity contribution in [1.82, 2.24) is 10.6 Å². The average molecular weight is 328 g/mol. The second kappa shape index (κ2) is 10.3. The highest BCUT2D eigenvalue weighted by Crippen LogP contribution is 2.16. The third kappa shape index (κ3) is 6.30. The quantitative estimate of drug-likeness (QED) is 0.695. The first kappa shape index (κ1) is 17.8. The molecule has 5 heteroatoms. The van der Waals surface area contributed by atoms with Gasteiger partial charge in [0.05, 0.1) is 7.11 Å². The third-order valence-corrected chi connectivity index (χ3v) is 3.52. The molecule has 0 atom stereocenters. The van der Waals surface area contributed by atoms with Crippen LogP contribution in [0.5, 0.6) is 5.75 Å². The van der Waals surface area contributed by atoms with Crippen LogP contribution in [0, 0.1) is 0 Å². The Morgan fingerprint density at radius 3 is 2.54 bits per heavy atom. The van der Waals surface area contributed by atoms with Crippen molar-refractivity contribution >= 4 is 6.09 Å². The van der Waals surface area contributed by atoms with Crippen LogP contribution < -0.4 is 15.4 Å². The van der Waals surface area contributed by atoms with Crippen LogP contribution in [0.4, 0.5) is 4.79 Å². The van der Waals surface area contributed by atoms with Crippen LogP contribution in [0.25, 0.3) is 0 Å². The van der Waals surface area contributed by atoms with Crippen LogP contribution in [0.15, 0.2) is 54.6 Å². The Bertz CT molecular complexity index is 617. The van der Waals surface area contributed by atoms with Crippen LogP contribution in [0.2, 0.25) is 0 Å². The zero-order valence-electron chi connectivity index (χ0n) is 14.0.